The van der Waals surface area contributed by atoms with Gasteiger partial charge in [0.05, 0.1) is 17.4 Å². The van der Waals surface area contributed by atoms with E-state index in [2.05, 4.69) is 40.3 Å². The smallest absolute Gasteiger partial charge is 0.230 e. The molecular weight excluding hydrogens is 423 g/mol. The number of nitrogens with zero attached hydrogens (tertiary/aromatic N) is 3. The van der Waals surface area contributed by atoms with Crippen LogP contribution in [0.2, 0.25) is 0 Å². The van der Waals surface area contributed by atoms with Crippen molar-refractivity contribution in [2.75, 3.05) is 5.75 Å². The van der Waals surface area contributed by atoms with E-state index >= 15 is 0 Å². The SMILES string of the molecule is C=CCn1c(SCC(=O)NC(C)c2cccc3ccccc23)nnc1-c1ccccc1F. The number of nitrogens with one attached hydrogen (secondary N) is 1. The predicted octanol–water partition coefficient (Wildman–Crippen LogP) is 5.39. The van der Waals surface area contributed by atoms with Crippen molar-refractivity contribution in [3.8, 4) is 11.4 Å². The number of aromatic nitrogens is 3. The third kappa shape index (κ3) is 4.57. The molecule has 4 rings (SSSR count). The number of carbonyl (C=O) groups excluding carboxylic acids is 1. The summed E-state index contributed by atoms with van der Waals surface area (Å²) >= 11 is 1.26. The molecule has 1 amide bonds. The van der Waals surface area contributed by atoms with E-state index in [-0.39, 0.29) is 23.5 Å². The number of fused-ring (bicyclic) bond motifs is 1. The topological polar surface area (TPSA) is 59.8 Å². The molecule has 0 aliphatic rings. The molecule has 32 heavy (non-hydrogen) atoms. The summed E-state index contributed by atoms with van der Waals surface area (Å²) in [5.41, 5.74) is 1.43. The highest BCUT2D eigenvalue weighted by atomic mass is 32.2. The Morgan fingerprint density at radius 1 is 1.12 bits per heavy atom. The highest BCUT2D eigenvalue weighted by Gasteiger charge is 2.18. The van der Waals surface area contributed by atoms with Crippen LogP contribution in [0.25, 0.3) is 22.2 Å². The van der Waals surface area contributed by atoms with Gasteiger partial charge in [-0.15, -0.1) is 16.8 Å². The van der Waals surface area contributed by atoms with Gasteiger partial charge in [-0.1, -0.05) is 72.4 Å². The van der Waals surface area contributed by atoms with Crippen molar-refractivity contribution in [3.63, 3.8) is 0 Å². The Labute approximate surface area is 190 Å². The molecule has 1 aromatic heterocycles. The summed E-state index contributed by atoms with van der Waals surface area (Å²) < 4.78 is 16.0. The van der Waals surface area contributed by atoms with Crippen molar-refractivity contribution in [2.24, 2.45) is 0 Å². The van der Waals surface area contributed by atoms with Crippen LogP contribution in [0.15, 0.2) is 84.5 Å². The lowest BCUT2D eigenvalue weighted by atomic mass is 10.00. The standard InChI is InChI=1S/C25H23FN4OS/c1-3-15-30-24(21-12-6-7-14-22(21)26)28-29-25(30)32-16-23(31)27-17(2)19-13-8-10-18-9-4-5-11-20(18)19/h3-14,17H,1,15-16H2,2H3,(H,27,31). The van der Waals surface area contributed by atoms with Crippen molar-refractivity contribution >= 4 is 28.4 Å². The van der Waals surface area contributed by atoms with Gasteiger partial charge in [0, 0.05) is 6.54 Å². The summed E-state index contributed by atoms with van der Waals surface area (Å²) in [6.07, 6.45) is 1.69. The van der Waals surface area contributed by atoms with Crippen LogP contribution in [0.1, 0.15) is 18.5 Å². The van der Waals surface area contributed by atoms with Crippen molar-refractivity contribution in [1.82, 2.24) is 20.1 Å². The summed E-state index contributed by atoms with van der Waals surface area (Å²) in [5.74, 6) is 0.0938. The highest BCUT2D eigenvalue weighted by Crippen LogP contribution is 2.27. The van der Waals surface area contributed by atoms with Crippen LogP contribution in [0.5, 0.6) is 0 Å². The molecule has 1 N–H and O–H groups in total. The number of thioether (sulfide) groups is 1. The fourth-order valence-electron chi connectivity index (χ4n) is 3.65. The van der Waals surface area contributed by atoms with Crippen molar-refractivity contribution in [1.29, 1.82) is 0 Å². The zero-order valence-electron chi connectivity index (χ0n) is 17.7. The molecule has 0 saturated heterocycles. The summed E-state index contributed by atoms with van der Waals surface area (Å²) in [6.45, 7) is 6.15. The second-order valence-electron chi connectivity index (χ2n) is 7.33. The van der Waals surface area contributed by atoms with Crippen LogP contribution in [0.3, 0.4) is 0 Å². The van der Waals surface area contributed by atoms with E-state index in [1.165, 1.54) is 17.8 Å². The first-order chi connectivity index (χ1) is 15.6. The largest absolute Gasteiger partial charge is 0.349 e. The van der Waals surface area contributed by atoms with Crippen LogP contribution in [-0.4, -0.2) is 26.4 Å². The van der Waals surface area contributed by atoms with E-state index < -0.39 is 0 Å². The fraction of sp³-hybridized carbons (Fsp3) is 0.160. The lowest BCUT2D eigenvalue weighted by Crippen LogP contribution is -2.28. The molecule has 5 nitrogen and oxygen atoms in total. The lowest BCUT2D eigenvalue weighted by molar-refractivity contribution is -0.119. The van der Waals surface area contributed by atoms with Gasteiger partial charge in [0.1, 0.15) is 5.82 Å². The minimum absolute atomic E-state index is 0.115. The highest BCUT2D eigenvalue weighted by molar-refractivity contribution is 7.99. The van der Waals surface area contributed by atoms with Crippen LogP contribution < -0.4 is 5.32 Å². The Balaban J connectivity index is 1.47. The molecule has 0 spiro atoms. The Morgan fingerprint density at radius 2 is 1.88 bits per heavy atom. The zero-order valence-corrected chi connectivity index (χ0v) is 18.5. The first-order valence-corrected chi connectivity index (χ1v) is 11.3. The average molecular weight is 447 g/mol. The number of halogens is 1. The maximum Gasteiger partial charge on any atom is 0.230 e. The molecule has 0 saturated carbocycles. The van der Waals surface area contributed by atoms with E-state index in [0.717, 1.165) is 16.3 Å². The molecule has 1 heterocycles. The van der Waals surface area contributed by atoms with Gasteiger partial charge in [-0.05, 0) is 35.4 Å². The van der Waals surface area contributed by atoms with E-state index in [0.29, 0.717) is 23.1 Å². The summed E-state index contributed by atoms with van der Waals surface area (Å²) in [7, 11) is 0. The average Bonchev–Trinajstić information content (AvgIpc) is 3.20. The maximum absolute atomic E-state index is 14.3. The van der Waals surface area contributed by atoms with Crippen LogP contribution in [0.4, 0.5) is 4.39 Å². The Bertz CT molecular complexity index is 1260. The minimum atomic E-state index is -0.372. The molecule has 0 bridgehead atoms. The van der Waals surface area contributed by atoms with Gasteiger partial charge in [-0.3, -0.25) is 9.36 Å². The second kappa shape index (κ2) is 9.78. The molecule has 3 aromatic carbocycles. The zero-order chi connectivity index (χ0) is 22.5. The van der Waals surface area contributed by atoms with E-state index in [9.17, 15) is 9.18 Å². The van der Waals surface area contributed by atoms with Crippen molar-refractivity contribution in [3.05, 3.63) is 90.8 Å². The summed E-state index contributed by atoms with van der Waals surface area (Å²) in [4.78, 5) is 12.7. The van der Waals surface area contributed by atoms with Gasteiger partial charge in [0.25, 0.3) is 0 Å². The number of hydrogen-bond acceptors (Lipinski definition) is 4. The van der Waals surface area contributed by atoms with Crippen LogP contribution in [-0.2, 0) is 11.3 Å². The summed E-state index contributed by atoms with van der Waals surface area (Å²) in [6, 6.07) is 20.5. The predicted molar refractivity (Wildman–Crippen MR) is 127 cm³/mol. The fourth-order valence-corrected chi connectivity index (χ4v) is 4.41. The molecule has 0 aliphatic carbocycles. The lowest BCUT2D eigenvalue weighted by Gasteiger charge is -2.16. The number of rotatable bonds is 8. The molecule has 0 aliphatic heterocycles. The molecule has 7 heteroatoms. The van der Waals surface area contributed by atoms with Crippen molar-refractivity contribution < 1.29 is 9.18 Å². The molecule has 0 fully saturated rings. The van der Waals surface area contributed by atoms with Gasteiger partial charge >= 0.3 is 0 Å². The number of allylic oxidation sites excluding steroid dienone is 1. The van der Waals surface area contributed by atoms with E-state index in [4.69, 9.17) is 0 Å². The van der Waals surface area contributed by atoms with Crippen molar-refractivity contribution in [2.45, 2.75) is 24.7 Å². The summed E-state index contributed by atoms with van der Waals surface area (Å²) in [5, 5.41) is 14.2. The van der Waals surface area contributed by atoms with Gasteiger partial charge in [-0.25, -0.2) is 4.39 Å². The molecule has 1 unspecified atom stereocenters. The number of hydrogen-bond donors (Lipinski definition) is 1. The Morgan fingerprint density at radius 3 is 2.69 bits per heavy atom. The van der Waals surface area contributed by atoms with Gasteiger partial charge < -0.3 is 5.32 Å². The molecule has 4 aromatic rings. The normalized spacial score (nSPS) is 11.9. The van der Waals surface area contributed by atoms with E-state index in [1.807, 2.05) is 31.2 Å². The molecule has 0 radical (unpaired) electrons. The van der Waals surface area contributed by atoms with Crippen LogP contribution >= 0.6 is 11.8 Å². The monoisotopic (exact) mass is 446 g/mol. The number of carbonyl (C=O) groups is 1. The number of amides is 1. The third-order valence-corrected chi connectivity index (χ3v) is 6.11. The van der Waals surface area contributed by atoms with Crippen LogP contribution in [0, 0.1) is 5.82 Å². The molecule has 162 valence electrons. The minimum Gasteiger partial charge on any atom is -0.349 e. The molecule has 1 atom stereocenters. The van der Waals surface area contributed by atoms with E-state index in [1.54, 1.807) is 28.8 Å². The Hall–Kier alpha value is -3.45. The second-order valence-corrected chi connectivity index (χ2v) is 8.27. The first kappa shape index (κ1) is 21.8. The number of benzene rings is 3. The quantitative estimate of drug-likeness (QED) is 0.291. The first-order valence-electron chi connectivity index (χ1n) is 10.3. The Kier molecular flexibility index (Phi) is 6.66. The van der Waals surface area contributed by atoms with Gasteiger partial charge in [0.2, 0.25) is 5.91 Å². The molecular formula is C25H23FN4OS. The van der Waals surface area contributed by atoms with Gasteiger partial charge in [-0.2, -0.15) is 0 Å². The maximum atomic E-state index is 14.3. The van der Waals surface area contributed by atoms with Gasteiger partial charge in [0.15, 0.2) is 11.0 Å². The third-order valence-electron chi connectivity index (χ3n) is 5.14.